The molecule has 1 unspecified atom stereocenters. The standard InChI is InChI=1S/C20H26ClN5O2/c1-22-20(26-6-4-15(13-26)16-11-24-25(2)12-16)23-5-3-14-9-17(21)19-18(10-14)27-7-8-28-19/h9-12,15H,3-8,13H2,1-2H3,(H,22,23). The molecule has 1 fully saturated rings. The molecule has 1 atom stereocenters. The predicted molar refractivity (Wildman–Crippen MR) is 110 cm³/mol. The summed E-state index contributed by atoms with van der Waals surface area (Å²) >= 11 is 6.33. The predicted octanol–water partition coefficient (Wildman–Crippen LogP) is 2.45. The molecule has 0 aliphatic carbocycles. The molecular formula is C20H26ClN5O2. The van der Waals surface area contributed by atoms with Crippen molar-refractivity contribution in [3.05, 3.63) is 40.7 Å². The van der Waals surface area contributed by atoms with Crippen LogP contribution < -0.4 is 14.8 Å². The molecule has 1 aromatic carbocycles. The van der Waals surface area contributed by atoms with Crippen molar-refractivity contribution in [3.8, 4) is 11.5 Å². The topological polar surface area (TPSA) is 63.9 Å². The third kappa shape index (κ3) is 4.04. The van der Waals surface area contributed by atoms with E-state index >= 15 is 0 Å². The Morgan fingerprint density at radius 2 is 2.21 bits per heavy atom. The van der Waals surface area contributed by atoms with Gasteiger partial charge in [0.2, 0.25) is 0 Å². The minimum atomic E-state index is 0.504. The molecule has 1 saturated heterocycles. The number of aliphatic imine (C=N–C) groups is 1. The van der Waals surface area contributed by atoms with Gasteiger partial charge >= 0.3 is 0 Å². The Labute approximate surface area is 170 Å². The van der Waals surface area contributed by atoms with Crippen LogP contribution >= 0.6 is 11.6 Å². The monoisotopic (exact) mass is 403 g/mol. The largest absolute Gasteiger partial charge is 0.486 e. The van der Waals surface area contributed by atoms with Crippen molar-refractivity contribution in [2.75, 3.05) is 39.9 Å². The molecule has 0 spiro atoms. The Bertz CT molecular complexity index is 866. The lowest BCUT2D eigenvalue weighted by atomic mass is 10.0. The molecule has 0 amide bonds. The molecule has 0 saturated carbocycles. The highest BCUT2D eigenvalue weighted by Crippen LogP contribution is 2.38. The van der Waals surface area contributed by atoms with Gasteiger partial charge in [-0.2, -0.15) is 5.10 Å². The van der Waals surface area contributed by atoms with E-state index in [4.69, 9.17) is 21.1 Å². The van der Waals surface area contributed by atoms with Crippen molar-refractivity contribution < 1.29 is 9.47 Å². The van der Waals surface area contributed by atoms with E-state index in [9.17, 15) is 0 Å². The van der Waals surface area contributed by atoms with E-state index in [-0.39, 0.29) is 0 Å². The molecular weight excluding hydrogens is 378 g/mol. The van der Waals surface area contributed by atoms with Gasteiger partial charge in [0.15, 0.2) is 17.5 Å². The zero-order valence-electron chi connectivity index (χ0n) is 16.3. The summed E-state index contributed by atoms with van der Waals surface area (Å²) in [4.78, 5) is 6.78. The third-order valence-corrected chi connectivity index (χ3v) is 5.53. The quantitative estimate of drug-likeness (QED) is 0.627. The van der Waals surface area contributed by atoms with E-state index < -0.39 is 0 Å². The lowest BCUT2D eigenvalue weighted by Gasteiger charge is -2.22. The lowest BCUT2D eigenvalue weighted by molar-refractivity contribution is 0.171. The Hall–Kier alpha value is -2.41. The smallest absolute Gasteiger partial charge is 0.193 e. The molecule has 0 bridgehead atoms. The van der Waals surface area contributed by atoms with E-state index in [0.717, 1.165) is 49.7 Å². The van der Waals surface area contributed by atoms with Crippen LogP contribution in [-0.4, -0.2) is 60.5 Å². The van der Waals surface area contributed by atoms with Crippen molar-refractivity contribution in [1.29, 1.82) is 0 Å². The number of hydrogen-bond acceptors (Lipinski definition) is 4. The zero-order valence-corrected chi connectivity index (χ0v) is 17.1. The van der Waals surface area contributed by atoms with E-state index in [0.29, 0.717) is 29.9 Å². The van der Waals surface area contributed by atoms with Gasteiger partial charge in [0.25, 0.3) is 0 Å². The average molecular weight is 404 g/mol. The van der Waals surface area contributed by atoms with Crippen LogP contribution in [0.2, 0.25) is 5.02 Å². The van der Waals surface area contributed by atoms with Crippen LogP contribution in [0.15, 0.2) is 29.5 Å². The van der Waals surface area contributed by atoms with Crippen LogP contribution in [0.1, 0.15) is 23.5 Å². The molecule has 2 aliphatic rings. The van der Waals surface area contributed by atoms with Crippen LogP contribution in [0.5, 0.6) is 11.5 Å². The maximum absolute atomic E-state index is 6.33. The van der Waals surface area contributed by atoms with Gasteiger partial charge in [-0.15, -0.1) is 0 Å². The molecule has 0 radical (unpaired) electrons. The Morgan fingerprint density at radius 1 is 1.36 bits per heavy atom. The first kappa shape index (κ1) is 18.9. The van der Waals surface area contributed by atoms with E-state index in [1.165, 1.54) is 5.56 Å². The first-order valence-corrected chi connectivity index (χ1v) is 10.0. The zero-order chi connectivity index (χ0) is 19.5. The number of benzene rings is 1. The normalized spacial score (nSPS) is 19.2. The summed E-state index contributed by atoms with van der Waals surface area (Å²) in [5, 5.41) is 8.38. The van der Waals surface area contributed by atoms with Crippen molar-refractivity contribution in [1.82, 2.24) is 20.0 Å². The highest BCUT2D eigenvalue weighted by molar-refractivity contribution is 6.32. The third-order valence-electron chi connectivity index (χ3n) is 5.25. The number of nitrogens with one attached hydrogen (secondary N) is 1. The Kier molecular flexibility index (Phi) is 5.62. The maximum atomic E-state index is 6.33. The van der Waals surface area contributed by atoms with Crippen LogP contribution in [-0.2, 0) is 13.5 Å². The number of aryl methyl sites for hydroxylation is 1. The van der Waals surface area contributed by atoms with Crippen LogP contribution in [0.4, 0.5) is 0 Å². The average Bonchev–Trinajstić information content (AvgIpc) is 3.34. The summed E-state index contributed by atoms with van der Waals surface area (Å²) in [5.41, 5.74) is 2.42. The molecule has 2 aromatic rings. The number of halogens is 1. The minimum Gasteiger partial charge on any atom is -0.486 e. The summed E-state index contributed by atoms with van der Waals surface area (Å²) < 4.78 is 13.1. The molecule has 1 N–H and O–H groups in total. The number of rotatable bonds is 4. The van der Waals surface area contributed by atoms with Gasteiger partial charge in [-0.1, -0.05) is 11.6 Å². The first-order chi connectivity index (χ1) is 13.6. The van der Waals surface area contributed by atoms with Gasteiger partial charge in [0.1, 0.15) is 13.2 Å². The van der Waals surface area contributed by atoms with Gasteiger partial charge in [0, 0.05) is 45.8 Å². The summed E-state index contributed by atoms with van der Waals surface area (Å²) in [6, 6.07) is 3.97. The van der Waals surface area contributed by atoms with Gasteiger partial charge in [0.05, 0.1) is 11.2 Å². The summed E-state index contributed by atoms with van der Waals surface area (Å²) in [5.74, 6) is 2.83. The highest BCUT2D eigenvalue weighted by atomic mass is 35.5. The fourth-order valence-corrected chi connectivity index (χ4v) is 4.12. The van der Waals surface area contributed by atoms with E-state index in [1.807, 2.05) is 37.1 Å². The molecule has 8 heteroatoms. The Balaban J connectivity index is 1.32. The van der Waals surface area contributed by atoms with Crippen molar-refractivity contribution in [2.24, 2.45) is 12.0 Å². The number of guanidine groups is 1. The fraction of sp³-hybridized carbons (Fsp3) is 0.500. The first-order valence-electron chi connectivity index (χ1n) is 9.66. The number of aromatic nitrogens is 2. The molecule has 4 rings (SSSR count). The fourth-order valence-electron chi connectivity index (χ4n) is 3.84. The Morgan fingerprint density at radius 3 is 3.00 bits per heavy atom. The van der Waals surface area contributed by atoms with Gasteiger partial charge < -0.3 is 19.7 Å². The minimum absolute atomic E-state index is 0.504. The second-order valence-corrected chi connectivity index (χ2v) is 7.61. The van der Waals surface area contributed by atoms with Crippen molar-refractivity contribution in [2.45, 2.75) is 18.8 Å². The number of ether oxygens (including phenoxy) is 2. The molecule has 150 valence electrons. The number of hydrogen-bond donors (Lipinski definition) is 1. The lowest BCUT2D eigenvalue weighted by Crippen LogP contribution is -2.40. The van der Waals surface area contributed by atoms with E-state index in [1.54, 1.807) is 0 Å². The van der Waals surface area contributed by atoms with Crippen molar-refractivity contribution >= 4 is 17.6 Å². The van der Waals surface area contributed by atoms with Crippen LogP contribution in [0.3, 0.4) is 0 Å². The van der Waals surface area contributed by atoms with Crippen LogP contribution in [0.25, 0.3) is 0 Å². The number of fused-ring (bicyclic) bond motifs is 1. The second-order valence-electron chi connectivity index (χ2n) is 7.20. The number of likely N-dealkylation sites (tertiary alicyclic amines) is 1. The summed E-state index contributed by atoms with van der Waals surface area (Å²) in [6.07, 6.45) is 6.02. The maximum Gasteiger partial charge on any atom is 0.193 e. The summed E-state index contributed by atoms with van der Waals surface area (Å²) in [7, 11) is 3.79. The van der Waals surface area contributed by atoms with Gasteiger partial charge in [-0.3, -0.25) is 9.67 Å². The SMILES string of the molecule is CN=C(NCCc1cc(Cl)c2c(c1)OCCO2)N1CCC(c2cnn(C)c2)C1. The second kappa shape index (κ2) is 8.31. The van der Waals surface area contributed by atoms with Crippen LogP contribution in [0, 0.1) is 0 Å². The molecule has 28 heavy (non-hydrogen) atoms. The molecule has 2 aliphatic heterocycles. The van der Waals surface area contributed by atoms with E-state index in [2.05, 4.69) is 26.5 Å². The molecule has 1 aromatic heterocycles. The molecule has 3 heterocycles. The highest BCUT2D eigenvalue weighted by Gasteiger charge is 2.26. The molecule has 7 nitrogen and oxygen atoms in total. The summed E-state index contributed by atoms with van der Waals surface area (Å²) in [6.45, 7) is 3.83. The number of nitrogens with zero attached hydrogens (tertiary/aromatic N) is 4. The van der Waals surface area contributed by atoms with Crippen molar-refractivity contribution in [3.63, 3.8) is 0 Å². The van der Waals surface area contributed by atoms with Gasteiger partial charge in [-0.05, 0) is 36.1 Å². The van der Waals surface area contributed by atoms with Gasteiger partial charge in [-0.25, -0.2) is 0 Å².